The van der Waals surface area contributed by atoms with Gasteiger partial charge in [0.1, 0.15) is 0 Å². The number of aromatic nitrogens is 2. The van der Waals surface area contributed by atoms with Crippen molar-refractivity contribution in [2.24, 2.45) is 0 Å². The zero-order valence-corrected chi connectivity index (χ0v) is 18.9. The van der Waals surface area contributed by atoms with Crippen molar-refractivity contribution in [1.29, 1.82) is 0 Å². The van der Waals surface area contributed by atoms with E-state index in [1.165, 1.54) is 17.4 Å². The molecule has 164 valence electrons. The molecule has 5 nitrogen and oxygen atoms in total. The maximum absolute atomic E-state index is 13.9. The molecule has 1 fully saturated rings. The second kappa shape index (κ2) is 9.06. The van der Waals surface area contributed by atoms with E-state index in [0.717, 1.165) is 23.0 Å². The predicted octanol–water partition coefficient (Wildman–Crippen LogP) is 4.50. The molecule has 0 spiro atoms. The fourth-order valence-corrected chi connectivity index (χ4v) is 4.75. The standard InChI is InChI=1S/C22H23ClF2N4OS/c1-14-20(23)15(2)29(26-14)11-16-10-19(31-13-16)22(30)28-8-6-27(7-9-28)12-17-4-3-5-18(24)21(17)25/h3-5,10,13H,6-9,11-12H2,1-2H3. The molecule has 0 atom stereocenters. The summed E-state index contributed by atoms with van der Waals surface area (Å²) in [4.78, 5) is 17.5. The van der Waals surface area contributed by atoms with Crippen LogP contribution in [-0.2, 0) is 13.1 Å². The van der Waals surface area contributed by atoms with Gasteiger partial charge in [0, 0.05) is 38.3 Å². The second-order valence-electron chi connectivity index (χ2n) is 7.74. The first-order valence-corrected chi connectivity index (χ1v) is 11.3. The first kappa shape index (κ1) is 21.9. The number of carbonyl (C=O) groups excluding carboxylic acids is 1. The molecule has 0 radical (unpaired) electrons. The third-order valence-electron chi connectivity index (χ3n) is 5.58. The molecular formula is C22H23ClF2N4OS. The lowest BCUT2D eigenvalue weighted by Gasteiger charge is -2.34. The summed E-state index contributed by atoms with van der Waals surface area (Å²) < 4.78 is 29.2. The summed E-state index contributed by atoms with van der Waals surface area (Å²) in [5.74, 6) is -1.63. The zero-order chi connectivity index (χ0) is 22.1. The van der Waals surface area contributed by atoms with E-state index >= 15 is 0 Å². The van der Waals surface area contributed by atoms with Crippen molar-refractivity contribution in [1.82, 2.24) is 19.6 Å². The number of hydrogen-bond donors (Lipinski definition) is 0. The molecule has 3 heterocycles. The normalized spacial score (nSPS) is 14.9. The zero-order valence-electron chi connectivity index (χ0n) is 17.4. The van der Waals surface area contributed by atoms with E-state index < -0.39 is 11.6 Å². The van der Waals surface area contributed by atoms with Gasteiger partial charge >= 0.3 is 0 Å². The molecule has 3 aromatic rings. The highest BCUT2D eigenvalue weighted by atomic mass is 35.5. The number of benzene rings is 1. The third kappa shape index (κ3) is 4.66. The fraction of sp³-hybridized carbons (Fsp3) is 0.364. The van der Waals surface area contributed by atoms with Crippen LogP contribution in [-0.4, -0.2) is 51.7 Å². The van der Waals surface area contributed by atoms with E-state index in [0.29, 0.717) is 54.7 Å². The van der Waals surface area contributed by atoms with Crippen molar-refractivity contribution < 1.29 is 13.6 Å². The first-order chi connectivity index (χ1) is 14.8. The number of aryl methyl sites for hydroxylation is 1. The molecule has 1 amide bonds. The average Bonchev–Trinajstić information content (AvgIpc) is 3.32. The minimum atomic E-state index is -0.831. The summed E-state index contributed by atoms with van der Waals surface area (Å²) in [6.07, 6.45) is 0. The summed E-state index contributed by atoms with van der Waals surface area (Å²) in [6.45, 7) is 7.03. The van der Waals surface area contributed by atoms with Crippen LogP contribution in [0, 0.1) is 25.5 Å². The smallest absolute Gasteiger partial charge is 0.264 e. The molecule has 0 unspecified atom stereocenters. The molecule has 2 aromatic heterocycles. The van der Waals surface area contributed by atoms with Gasteiger partial charge in [-0.2, -0.15) is 5.10 Å². The molecule has 1 saturated heterocycles. The van der Waals surface area contributed by atoms with Crippen molar-refractivity contribution >= 4 is 28.8 Å². The quantitative estimate of drug-likeness (QED) is 0.558. The van der Waals surface area contributed by atoms with Crippen LogP contribution >= 0.6 is 22.9 Å². The molecule has 0 N–H and O–H groups in total. The maximum Gasteiger partial charge on any atom is 0.264 e. The van der Waals surface area contributed by atoms with Gasteiger partial charge in [-0.3, -0.25) is 14.4 Å². The Morgan fingerprint density at radius 2 is 1.90 bits per heavy atom. The van der Waals surface area contributed by atoms with Gasteiger partial charge in [0.2, 0.25) is 0 Å². The Bertz CT molecular complexity index is 1110. The van der Waals surface area contributed by atoms with Crippen LogP contribution in [0.4, 0.5) is 8.78 Å². The van der Waals surface area contributed by atoms with Crippen LogP contribution < -0.4 is 0 Å². The van der Waals surface area contributed by atoms with Gasteiger partial charge in [-0.25, -0.2) is 8.78 Å². The van der Waals surface area contributed by atoms with Crippen molar-refractivity contribution in [3.8, 4) is 0 Å². The van der Waals surface area contributed by atoms with Crippen molar-refractivity contribution in [2.75, 3.05) is 26.2 Å². The lowest BCUT2D eigenvalue weighted by molar-refractivity contribution is 0.0631. The summed E-state index contributed by atoms with van der Waals surface area (Å²) in [5, 5.41) is 7.08. The Balaban J connectivity index is 1.35. The van der Waals surface area contributed by atoms with Crippen LogP contribution in [0.5, 0.6) is 0 Å². The van der Waals surface area contributed by atoms with Crippen LogP contribution in [0.1, 0.15) is 32.2 Å². The van der Waals surface area contributed by atoms with E-state index in [1.54, 1.807) is 6.07 Å². The van der Waals surface area contributed by atoms with Crippen LogP contribution in [0.25, 0.3) is 0 Å². The van der Waals surface area contributed by atoms with Gasteiger partial charge in [-0.1, -0.05) is 23.7 Å². The summed E-state index contributed by atoms with van der Waals surface area (Å²) in [7, 11) is 0. The molecule has 9 heteroatoms. The fourth-order valence-electron chi connectivity index (χ4n) is 3.75. The van der Waals surface area contributed by atoms with Gasteiger partial charge in [0.15, 0.2) is 11.6 Å². The van der Waals surface area contributed by atoms with Crippen molar-refractivity contribution in [3.05, 3.63) is 73.7 Å². The maximum atomic E-state index is 13.9. The minimum absolute atomic E-state index is 0.000707. The molecule has 0 aliphatic carbocycles. The summed E-state index contributed by atoms with van der Waals surface area (Å²) in [6, 6.07) is 6.14. The Kier molecular flexibility index (Phi) is 6.41. The van der Waals surface area contributed by atoms with Gasteiger partial charge in [0.25, 0.3) is 5.91 Å². The number of carbonyl (C=O) groups is 1. The second-order valence-corrected chi connectivity index (χ2v) is 9.03. The number of thiophene rings is 1. The van der Waals surface area contributed by atoms with E-state index in [2.05, 4.69) is 5.10 Å². The lowest BCUT2D eigenvalue weighted by Crippen LogP contribution is -2.48. The average molecular weight is 465 g/mol. The largest absolute Gasteiger partial charge is 0.335 e. The Hall–Kier alpha value is -2.29. The predicted molar refractivity (Wildman–Crippen MR) is 118 cm³/mol. The number of hydrogen-bond acceptors (Lipinski definition) is 4. The van der Waals surface area contributed by atoms with Gasteiger partial charge < -0.3 is 4.90 Å². The highest BCUT2D eigenvalue weighted by Crippen LogP contribution is 2.23. The third-order valence-corrected chi connectivity index (χ3v) is 7.09. The Morgan fingerprint density at radius 1 is 1.16 bits per heavy atom. The molecule has 1 aliphatic heterocycles. The van der Waals surface area contributed by atoms with E-state index in [9.17, 15) is 13.6 Å². The topological polar surface area (TPSA) is 41.4 Å². The van der Waals surface area contributed by atoms with Crippen molar-refractivity contribution in [2.45, 2.75) is 26.9 Å². The number of nitrogens with zero attached hydrogens (tertiary/aromatic N) is 4. The molecule has 31 heavy (non-hydrogen) atoms. The lowest BCUT2D eigenvalue weighted by atomic mass is 10.1. The number of piperazine rings is 1. The first-order valence-electron chi connectivity index (χ1n) is 10.0. The molecule has 0 bridgehead atoms. The van der Waals surface area contributed by atoms with Crippen molar-refractivity contribution in [3.63, 3.8) is 0 Å². The molecular weight excluding hydrogens is 442 g/mol. The van der Waals surface area contributed by atoms with Gasteiger partial charge in [-0.05, 0) is 36.9 Å². The number of rotatable bonds is 5. The highest BCUT2D eigenvalue weighted by Gasteiger charge is 2.24. The van der Waals surface area contributed by atoms with Gasteiger partial charge in [-0.15, -0.1) is 11.3 Å². The molecule has 4 rings (SSSR count). The van der Waals surface area contributed by atoms with E-state index in [1.807, 2.05) is 39.8 Å². The van der Waals surface area contributed by atoms with Crippen LogP contribution in [0.15, 0.2) is 29.6 Å². The van der Waals surface area contributed by atoms with Gasteiger partial charge in [0.05, 0.1) is 27.8 Å². The van der Waals surface area contributed by atoms with E-state index in [-0.39, 0.29) is 5.91 Å². The number of halogens is 3. The summed E-state index contributed by atoms with van der Waals surface area (Å²) in [5.41, 5.74) is 3.05. The Labute approximate surface area is 188 Å². The van der Waals surface area contributed by atoms with E-state index in [4.69, 9.17) is 11.6 Å². The highest BCUT2D eigenvalue weighted by molar-refractivity contribution is 7.12. The Morgan fingerprint density at radius 3 is 2.58 bits per heavy atom. The molecule has 1 aromatic carbocycles. The summed E-state index contributed by atoms with van der Waals surface area (Å²) >= 11 is 7.64. The molecule has 0 saturated carbocycles. The minimum Gasteiger partial charge on any atom is -0.335 e. The number of amides is 1. The van der Waals surface area contributed by atoms with Crippen LogP contribution in [0.3, 0.4) is 0 Å². The monoisotopic (exact) mass is 464 g/mol. The molecule has 1 aliphatic rings. The SMILES string of the molecule is Cc1nn(Cc2csc(C(=O)N3CCN(Cc4cccc(F)c4F)CC3)c2)c(C)c1Cl. The van der Waals surface area contributed by atoms with Crippen LogP contribution in [0.2, 0.25) is 5.02 Å².